The van der Waals surface area contributed by atoms with E-state index in [2.05, 4.69) is 15.0 Å². The molecule has 32 heavy (non-hydrogen) atoms. The number of benzene rings is 2. The smallest absolute Gasteiger partial charge is 0.416 e. The highest BCUT2D eigenvalue weighted by Gasteiger charge is 2.31. The Hall–Kier alpha value is -2.23. The molecule has 0 saturated carbocycles. The lowest BCUT2D eigenvalue weighted by atomic mass is 10.1. The van der Waals surface area contributed by atoms with Crippen LogP contribution in [0.4, 0.5) is 18.9 Å². The molecule has 1 heterocycles. The minimum absolute atomic E-state index is 0.318. The zero-order valence-electron chi connectivity index (χ0n) is 18.5. The molecule has 176 valence electrons. The summed E-state index contributed by atoms with van der Waals surface area (Å²) in [6.45, 7) is 9.47. The highest BCUT2D eigenvalue weighted by Crippen LogP contribution is 2.41. The van der Waals surface area contributed by atoms with Gasteiger partial charge in [0.15, 0.2) is 0 Å². The zero-order chi connectivity index (χ0) is 23.8. The van der Waals surface area contributed by atoms with Gasteiger partial charge in [-0.25, -0.2) is 0 Å². The minimum Gasteiger partial charge on any atom is -0.462 e. The van der Waals surface area contributed by atoms with Crippen molar-refractivity contribution in [3.63, 3.8) is 0 Å². The van der Waals surface area contributed by atoms with Gasteiger partial charge in [0.05, 0.1) is 11.3 Å². The van der Waals surface area contributed by atoms with Crippen molar-refractivity contribution in [2.24, 2.45) is 5.73 Å². The van der Waals surface area contributed by atoms with E-state index in [1.165, 1.54) is 17.8 Å². The first-order valence-corrected chi connectivity index (χ1v) is 11.1. The summed E-state index contributed by atoms with van der Waals surface area (Å²) < 4.78 is 44.1. The highest BCUT2D eigenvalue weighted by molar-refractivity contribution is 7.99. The number of halogens is 3. The highest BCUT2D eigenvalue weighted by atomic mass is 32.2. The van der Waals surface area contributed by atoms with Crippen LogP contribution in [-0.4, -0.2) is 38.3 Å². The molecule has 0 unspecified atom stereocenters. The van der Waals surface area contributed by atoms with E-state index in [4.69, 9.17) is 5.73 Å². The third-order valence-electron chi connectivity index (χ3n) is 4.56. The zero-order valence-corrected chi connectivity index (χ0v) is 19.4. The fraction of sp³-hybridized carbons (Fsp3) is 0.435. The van der Waals surface area contributed by atoms with Crippen molar-refractivity contribution in [1.82, 2.24) is 5.32 Å². The molecule has 1 aliphatic heterocycles. The molecular weight excluding hydrogens is 439 g/mol. The van der Waals surface area contributed by atoms with Gasteiger partial charge in [-0.3, -0.25) is 4.79 Å². The van der Waals surface area contributed by atoms with Gasteiger partial charge >= 0.3 is 6.18 Å². The maximum Gasteiger partial charge on any atom is 0.416 e. The van der Waals surface area contributed by atoms with E-state index in [1.54, 1.807) is 6.07 Å². The Morgan fingerprint density at radius 3 is 2.28 bits per heavy atom. The Labute approximate surface area is 191 Å². The summed E-state index contributed by atoms with van der Waals surface area (Å²) in [5.41, 5.74) is 6.59. The van der Waals surface area contributed by atoms with Crippen LogP contribution in [0.2, 0.25) is 0 Å². The first-order chi connectivity index (χ1) is 15.0. The predicted molar refractivity (Wildman–Crippen MR) is 122 cm³/mol. The summed E-state index contributed by atoms with van der Waals surface area (Å²) in [5, 5.41) is 3.26. The lowest BCUT2D eigenvalue weighted by molar-refractivity contribution is -0.139. The van der Waals surface area contributed by atoms with Gasteiger partial charge in [-0.05, 0) is 50.6 Å². The molecule has 5 nitrogen and oxygen atoms in total. The summed E-state index contributed by atoms with van der Waals surface area (Å²) >= 11 is 1.35. The van der Waals surface area contributed by atoms with E-state index in [1.807, 2.05) is 45.0 Å². The number of rotatable bonds is 5. The van der Waals surface area contributed by atoms with Crippen molar-refractivity contribution < 1.29 is 22.7 Å². The number of anilines is 1. The molecule has 0 aromatic heterocycles. The third-order valence-corrected chi connectivity index (χ3v) is 5.72. The second kappa shape index (κ2) is 11.6. The molecule has 0 aliphatic carbocycles. The van der Waals surface area contributed by atoms with Crippen molar-refractivity contribution in [3.05, 3.63) is 53.6 Å². The van der Waals surface area contributed by atoms with E-state index in [0.717, 1.165) is 48.4 Å². The largest absolute Gasteiger partial charge is 0.462 e. The molecule has 9 heteroatoms. The molecule has 2 aromatic carbocycles. The van der Waals surface area contributed by atoms with Crippen molar-refractivity contribution in [1.29, 1.82) is 0 Å². The number of nitrogens with two attached hydrogens (primary N) is 1. The number of nitrogens with one attached hydrogen (secondary N) is 1. The van der Waals surface area contributed by atoms with E-state index in [-0.39, 0.29) is 5.60 Å². The third kappa shape index (κ3) is 8.03. The van der Waals surface area contributed by atoms with E-state index >= 15 is 0 Å². The lowest BCUT2D eigenvalue weighted by Gasteiger charge is -2.31. The Balaban J connectivity index is 0.000000451. The molecular formula is C23H30F3N3O2S. The topological polar surface area (TPSA) is 67.6 Å². The number of carbonyl (C=O) groups excluding carboxylic acids is 1. The molecule has 1 aliphatic rings. The summed E-state index contributed by atoms with van der Waals surface area (Å²) in [7, 11) is 0. The normalized spacial score (nSPS) is 14.4. The quantitative estimate of drug-likeness (QED) is 0.620. The first-order valence-electron chi connectivity index (χ1n) is 10.3. The van der Waals surface area contributed by atoms with Crippen LogP contribution in [0.15, 0.2) is 52.3 Å². The maximum atomic E-state index is 13.2. The molecule has 2 aromatic rings. The van der Waals surface area contributed by atoms with Gasteiger partial charge in [0, 0.05) is 42.5 Å². The summed E-state index contributed by atoms with van der Waals surface area (Å²) in [6.07, 6.45) is -4.36. The van der Waals surface area contributed by atoms with Crippen LogP contribution in [-0.2, 0) is 22.3 Å². The van der Waals surface area contributed by atoms with Crippen LogP contribution in [0.1, 0.15) is 31.9 Å². The SMILES string of the molecule is CC(C)(C)OC=O.NCc1ccccc1Sc1cc(C(F)(F)F)ccc1N1CCNCC1. The number of hydrogen-bond acceptors (Lipinski definition) is 6. The summed E-state index contributed by atoms with van der Waals surface area (Å²) in [5.74, 6) is 0. The first kappa shape index (κ1) is 26.0. The molecule has 1 saturated heterocycles. The van der Waals surface area contributed by atoms with Gasteiger partial charge in [-0.15, -0.1) is 0 Å². The van der Waals surface area contributed by atoms with Crippen LogP contribution >= 0.6 is 11.8 Å². The number of nitrogens with zero attached hydrogens (tertiary/aromatic N) is 1. The molecule has 3 rings (SSSR count). The van der Waals surface area contributed by atoms with Crippen LogP contribution in [0.3, 0.4) is 0 Å². The van der Waals surface area contributed by atoms with Gasteiger partial charge in [-0.2, -0.15) is 13.2 Å². The number of carbonyl (C=O) groups is 1. The van der Waals surface area contributed by atoms with E-state index in [0.29, 0.717) is 17.9 Å². The molecule has 1 fully saturated rings. The monoisotopic (exact) mass is 469 g/mol. The number of piperazine rings is 1. The maximum absolute atomic E-state index is 13.2. The second-order valence-electron chi connectivity index (χ2n) is 8.16. The summed E-state index contributed by atoms with van der Waals surface area (Å²) in [4.78, 5) is 13.2. The molecule has 0 atom stereocenters. The predicted octanol–water partition coefficient (Wildman–Crippen LogP) is 4.68. The molecule has 0 amide bonds. The number of ether oxygens (including phenoxy) is 1. The van der Waals surface area contributed by atoms with Crippen LogP contribution < -0.4 is 16.0 Å². The fourth-order valence-electron chi connectivity index (χ4n) is 2.97. The van der Waals surface area contributed by atoms with Gasteiger partial charge < -0.3 is 20.7 Å². The van der Waals surface area contributed by atoms with Crippen molar-refractivity contribution >= 4 is 23.9 Å². The van der Waals surface area contributed by atoms with Crippen LogP contribution in [0, 0.1) is 0 Å². The number of alkyl halides is 3. The molecule has 0 bridgehead atoms. The molecule has 3 N–H and O–H groups in total. The lowest BCUT2D eigenvalue weighted by Crippen LogP contribution is -2.43. The Morgan fingerprint density at radius 2 is 1.75 bits per heavy atom. The average molecular weight is 470 g/mol. The molecule has 0 radical (unpaired) electrons. The van der Waals surface area contributed by atoms with Crippen molar-refractivity contribution in [2.75, 3.05) is 31.1 Å². The van der Waals surface area contributed by atoms with Crippen molar-refractivity contribution in [2.45, 2.75) is 48.9 Å². The second-order valence-corrected chi connectivity index (χ2v) is 9.24. The van der Waals surface area contributed by atoms with Crippen LogP contribution in [0.25, 0.3) is 0 Å². The van der Waals surface area contributed by atoms with Gasteiger partial charge in [-0.1, -0.05) is 30.0 Å². The van der Waals surface area contributed by atoms with E-state index in [9.17, 15) is 18.0 Å². The van der Waals surface area contributed by atoms with E-state index < -0.39 is 11.7 Å². The fourth-order valence-corrected chi connectivity index (χ4v) is 4.13. The standard InChI is InChI=1S/C18H20F3N3S.C5H10O2/c19-18(20,21)14-5-6-15(24-9-7-23-8-10-24)17(11-14)25-16-4-2-1-3-13(16)12-22;1-5(2,3)7-4-6/h1-6,11,23H,7-10,12,22H2;4H,1-3H3. The van der Waals surface area contributed by atoms with Crippen molar-refractivity contribution in [3.8, 4) is 0 Å². The van der Waals surface area contributed by atoms with Gasteiger partial charge in [0.25, 0.3) is 6.47 Å². The Bertz CT molecular complexity index is 880. The number of hydrogen-bond donors (Lipinski definition) is 2. The Morgan fingerprint density at radius 1 is 1.09 bits per heavy atom. The Kier molecular flexibility index (Phi) is 9.42. The molecule has 0 spiro atoms. The van der Waals surface area contributed by atoms with Crippen LogP contribution in [0.5, 0.6) is 0 Å². The minimum atomic E-state index is -4.36. The summed E-state index contributed by atoms with van der Waals surface area (Å²) in [6, 6.07) is 11.6. The average Bonchev–Trinajstić information content (AvgIpc) is 2.74. The van der Waals surface area contributed by atoms with Gasteiger partial charge in [0.2, 0.25) is 0 Å². The van der Waals surface area contributed by atoms with Gasteiger partial charge in [0.1, 0.15) is 5.60 Å².